The van der Waals surface area contributed by atoms with Crippen molar-refractivity contribution < 1.29 is 9.53 Å². The molecule has 1 N–H and O–H groups in total. The van der Waals surface area contributed by atoms with Gasteiger partial charge in [0, 0.05) is 24.5 Å². The third kappa shape index (κ3) is 3.28. The molecule has 2 rings (SSSR count). The van der Waals surface area contributed by atoms with Crippen LogP contribution in [0.3, 0.4) is 0 Å². The summed E-state index contributed by atoms with van der Waals surface area (Å²) in [5, 5.41) is 7.83. The summed E-state index contributed by atoms with van der Waals surface area (Å²) >= 11 is 0. The van der Waals surface area contributed by atoms with Crippen LogP contribution < -0.4 is 5.32 Å². The van der Waals surface area contributed by atoms with Crippen LogP contribution in [0.4, 0.5) is 0 Å². The van der Waals surface area contributed by atoms with Crippen LogP contribution in [-0.2, 0) is 16.1 Å². The number of hydrogen-bond acceptors (Lipinski definition) is 4. The third-order valence-corrected chi connectivity index (χ3v) is 4.53. The van der Waals surface area contributed by atoms with Crippen LogP contribution in [0.1, 0.15) is 45.2 Å². The van der Waals surface area contributed by atoms with Gasteiger partial charge in [-0.2, -0.15) is 5.10 Å². The highest BCUT2D eigenvalue weighted by molar-refractivity contribution is 5.81. The van der Waals surface area contributed by atoms with Crippen molar-refractivity contribution in [3.8, 4) is 0 Å². The second-order valence-electron chi connectivity index (χ2n) is 6.34. The number of aromatic nitrogens is 2. The smallest absolute Gasteiger partial charge is 0.326 e. The van der Waals surface area contributed by atoms with Crippen molar-refractivity contribution in [2.75, 3.05) is 7.11 Å². The zero-order valence-corrected chi connectivity index (χ0v) is 13.6. The molecule has 1 aromatic rings. The predicted molar refractivity (Wildman–Crippen MR) is 81.9 cm³/mol. The summed E-state index contributed by atoms with van der Waals surface area (Å²) in [6.45, 7) is 7.07. The Bertz CT molecular complexity index is 484. The standard InChI is InChI=1S/C16H27N3O2/c1-12(2)18-16(15(20)21-4)9-5-6-14(16)8-11-19-13(3)7-10-17-19/h7,10,12,14,18H,5-6,8-9,11H2,1-4H3. The first-order chi connectivity index (χ1) is 9.99. The lowest BCUT2D eigenvalue weighted by Gasteiger charge is -2.35. The number of hydrogen-bond donors (Lipinski definition) is 1. The van der Waals surface area contributed by atoms with Gasteiger partial charge in [-0.3, -0.25) is 14.8 Å². The Labute approximate surface area is 127 Å². The molecule has 2 atom stereocenters. The van der Waals surface area contributed by atoms with E-state index in [2.05, 4.69) is 31.2 Å². The minimum Gasteiger partial charge on any atom is -0.468 e. The monoisotopic (exact) mass is 293 g/mol. The molecule has 0 radical (unpaired) electrons. The minimum absolute atomic E-state index is 0.115. The van der Waals surface area contributed by atoms with Crippen LogP contribution >= 0.6 is 0 Å². The molecule has 0 amide bonds. The van der Waals surface area contributed by atoms with Gasteiger partial charge >= 0.3 is 5.97 Å². The predicted octanol–water partition coefficient (Wildman–Crippen LogP) is 2.29. The molecule has 0 bridgehead atoms. The molecule has 0 saturated heterocycles. The van der Waals surface area contributed by atoms with Gasteiger partial charge in [0.25, 0.3) is 0 Å². The van der Waals surface area contributed by atoms with Gasteiger partial charge in [-0.25, -0.2) is 0 Å². The molecule has 0 aromatic carbocycles. The van der Waals surface area contributed by atoms with Crippen molar-refractivity contribution >= 4 is 5.97 Å². The summed E-state index contributed by atoms with van der Waals surface area (Å²) in [5.41, 5.74) is 0.637. The molecule has 118 valence electrons. The fourth-order valence-corrected chi connectivity index (χ4v) is 3.59. The lowest BCUT2D eigenvalue weighted by atomic mass is 9.84. The summed E-state index contributed by atoms with van der Waals surface area (Å²) in [6.07, 6.45) is 5.76. The lowest BCUT2D eigenvalue weighted by Crippen LogP contribution is -2.57. The molecule has 1 fully saturated rings. The van der Waals surface area contributed by atoms with Crippen molar-refractivity contribution in [1.29, 1.82) is 0 Å². The lowest BCUT2D eigenvalue weighted by molar-refractivity contribution is -0.151. The van der Waals surface area contributed by atoms with Gasteiger partial charge in [0.2, 0.25) is 0 Å². The molecule has 21 heavy (non-hydrogen) atoms. The van der Waals surface area contributed by atoms with Crippen LogP contribution in [-0.4, -0.2) is 34.4 Å². The molecule has 0 aliphatic heterocycles. The van der Waals surface area contributed by atoms with E-state index >= 15 is 0 Å². The van der Waals surface area contributed by atoms with Gasteiger partial charge in [0.1, 0.15) is 5.54 Å². The quantitative estimate of drug-likeness (QED) is 0.818. The maximum absolute atomic E-state index is 12.4. The zero-order valence-electron chi connectivity index (χ0n) is 13.6. The number of methoxy groups -OCH3 is 1. The summed E-state index contributed by atoms with van der Waals surface area (Å²) < 4.78 is 7.12. The van der Waals surface area contributed by atoms with Gasteiger partial charge < -0.3 is 4.74 Å². The number of ether oxygens (including phenoxy) is 1. The summed E-state index contributed by atoms with van der Waals surface area (Å²) in [5.74, 6) is 0.187. The van der Waals surface area contributed by atoms with Gasteiger partial charge in [0.15, 0.2) is 0 Å². The highest BCUT2D eigenvalue weighted by Crippen LogP contribution is 2.39. The average molecular weight is 293 g/mol. The summed E-state index contributed by atoms with van der Waals surface area (Å²) in [4.78, 5) is 12.4. The fourth-order valence-electron chi connectivity index (χ4n) is 3.59. The van der Waals surface area contributed by atoms with E-state index in [4.69, 9.17) is 4.74 Å². The van der Waals surface area contributed by atoms with Crippen LogP contribution in [0, 0.1) is 12.8 Å². The van der Waals surface area contributed by atoms with E-state index in [9.17, 15) is 4.79 Å². The second-order valence-corrected chi connectivity index (χ2v) is 6.34. The van der Waals surface area contributed by atoms with Crippen molar-refractivity contribution in [1.82, 2.24) is 15.1 Å². The molecular weight excluding hydrogens is 266 g/mol. The third-order valence-electron chi connectivity index (χ3n) is 4.53. The van der Waals surface area contributed by atoms with E-state index in [0.717, 1.165) is 37.9 Å². The molecular formula is C16H27N3O2. The number of aryl methyl sites for hydroxylation is 2. The molecule has 1 saturated carbocycles. The maximum Gasteiger partial charge on any atom is 0.326 e. The van der Waals surface area contributed by atoms with Crippen LogP contribution in [0.5, 0.6) is 0 Å². The molecule has 5 heteroatoms. The Morgan fingerprint density at radius 3 is 2.95 bits per heavy atom. The van der Waals surface area contributed by atoms with E-state index in [1.54, 1.807) is 0 Å². The van der Waals surface area contributed by atoms with Gasteiger partial charge in [-0.1, -0.05) is 6.42 Å². The van der Waals surface area contributed by atoms with E-state index in [1.807, 2.05) is 16.9 Å². The molecule has 1 heterocycles. The molecule has 2 unspecified atom stereocenters. The number of nitrogens with one attached hydrogen (secondary N) is 1. The summed E-state index contributed by atoms with van der Waals surface area (Å²) in [7, 11) is 1.49. The zero-order chi connectivity index (χ0) is 15.5. The number of carbonyl (C=O) groups excluding carboxylic acids is 1. The normalized spacial score (nSPS) is 25.5. The van der Waals surface area contributed by atoms with Gasteiger partial charge in [0.05, 0.1) is 7.11 Å². The summed E-state index contributed by atoms with van der Waals surface area (Å²) in [6, 6.07) is 2.27. The first-order valence-electron chi connectivity index (χ1n) is 7.84. The van der Waals surface area contributed by atoms with Crippen molar-refractivity contribution in [2.24, 2.45) is 5.92 Å². The minimum atomic E-state index is -0.524. The van der Waals surface area contributed by atoms with Crippen molar-refractivity contribution in [3.63, 3.8) is 0 Å². The average Bonchev–Trinajstić information content (AvgIpc) is 3.02. The molecule has 1 aromatic heterocycles. The first-order valence-corrected chi connectivity index (χ1v) is 7.84. The number of esters is 1. The molecule has 1 aliphatic rings. The Morgan fingerprint density at radius 2 is 2.38 bits per heavy atom. The Kier molecular flexibility index (Phi) is 5.04. The van der Waals surface area contributed by atoms with Crippen molar-refractivity contribution in [3.05, 3.63) is 18.0 Å². The Balaban J connectivity index is 2.11. The van der Waals surface area contributed by atoms with E-state index in [0.29, 0.717) is 5.92 Å². The fraction of sp³-hybridized carbons (Fsp3) is 0.750. The molecule has 1 aliphatic carbocycles. The van der Waals surface area contributed by atoms with E-state index in [1.165, 1.54) is 7.11 Å². The van der Waals surface area contributed by atoms with Crippen LogP contribution in [0.15, 0.2) is 12.3 Å². The van der Waals surface area contributed by atoms with E-state index in [-0.39, 0.29) is 12.0 Å². The maximum atomic E-state index is 12.4. The van der Waals surface area contributed by atoms with Gasteiger partial charge in [-0.15, -0.1) is 0 Å². The number of nitrogens with zero attached hydrogens (tertiary/aromatic N) is 2. The Morgan fingerprint density at radius 1 is 1.62 bits per heavy atom. The topological polar surface area (TPSA) is 56.1 Å². The van der Waals surface area contributed by atoms with Crippen LogP contribution in [0.2, 0.25) is 0 Å². The Hall–Kier alpha value is -1.36. The number of rotatable bonds is 6. The number of carbonyl (C=O) groups is 1. The SMILES string of the molecule is COC(=O)C1(NC(C)C)CCCC1CCn1nccc1C. The second kappa shape index (κ2) is 6.60. The first kappa shape index (κ1) is 16.0. The van der Waals surface area contributed by atoms with Crippen LogP contribution in [0.25, 0.3) is 0 Å². The molecule has 0 spiro atoms. The van der Waals surface area contributed by atoms with Crippen molar-refractivity contribution in [2.45, 2.75) is 64.6 Å². The highest BCUT2D eigenvalue weighted by atomic mass is 16.5. The largest absolute Gasteiger partial charge is 0.468 e. The van der Waals surface area contributed by atoms with Gasteiger partial charge in [-0.05, 0) is 52.0 Å². The highest BCUT2D eigenvalue weighted by Gasteiger charge is 2.49. The molecule has 5 nitrogen and oxygen atoms in total. The van der Waals surface area contributed by atoms with E-state index < -0.39 is 5.54 Å².